The van der Waals surface area contributed by atoms with Crippen LogP contribution in [0.1, 0.15) is 18.7 Å². The maximum absolute atomic E-state index is 13.1. The Hall–Kier alpha value is -2.91. The quantitative estimate of drug-likeness (QED) is 0.304. The maximum Gasteiger partial charge on any atom is 0.293 e. The average Bonchev–Trinajstić information content (AvgIpc) is 2.76. The molecule has 1 unspecified atom stereocenters. The Bertz CT molecular complexity index is 1190. The first-order valence-corrected chi connectivity index (χ1v) is 11.2. The van der Waals surface area contributed by atoms with Crippen molar-refractivity contribution >= 4 is 39.3 Å². The summed E-state index contributed by atoms with van der Waals surface area (Å²) >= 11 is 4.83. The number of fused-ring (bicyclic) bond motifs is 3. The van der Waals surface area contributed by atoms with Gasteiger partial charge in [-0.2, -0.15) is 0 Å². The van der Waals surface area contributed by atoms with Crippen molar-refractivity contribution in [2.75, 3.05) is 17.8 Å². The SMILES string of the molecule is C=CCSc1nc([O-])c2[n+](n1)C(c1ccc(OC)c(Br)c1)N(C(C)=O)c1ccccc1-2. The van der Waals surface area contributed by atoms with Gasteiger partial charge in [-0.1, -0.05) is 34.7 Å². The van der Waals surface area contributed by atoms with E-state index >= 15 is 0 Å². The number of aromatic nitrogens is 3. The van der Waals surface area contributed by atoms with Crippen LogP contribution >= 0.6 is 27.7 Å². The van der Waals surface area contributed by atoms with E-state index in [-0.39, 0.29) is 5.91 Å². The lowest BCUT2D eigenvalue weighted by molar-refractivity contribution is -0.764. The molecule has 9 heteroatoms. The van der Waals surface area contributed by atoms with Crippen molar-refractivity contribution in [1.82, 2.24) is 10.1 Å². The monoisotopic (exact) mass is 498 g/mol. The van der Waals surface area contributed by atoms with Crippen LogP contribution in [-0.2, 0) is 4.79 Å². The van der Waals surface area contributed by atoms with Gasteiger partial charge in [0.15, 0.2) is 0 Å². The van der Waals surface area contributed by atoms with Gasteiger partial charge >= 0.3 is 0 Å². The summed E-state index contributed by atoms with van der Waals surface area (Å²) in [5.74, 6) is 0.655. The van der Waals surface area contributed by atoms with Gasteiger partial charge in [0.1, 0.15) is 5.75 Å². The largest absolute Gasteiger partial charge is 0.854 e. The molecule has 4 rings (SSSR count). The minimum Gasteiger partial charge on any atom is -0.854 e. The molecule has 1 atom stereocenters. The van der Waals surface area contributed by atoms with E-state index in [2.05, 4.69) is 32.6 Å². The van der Waals surface area contributed by atoms with E-state index in [9.17, 15) is 9.90 Å². The predicted molar refractivity (Wildman–Crippen MR) is 120 cm³/mol. The summed E-state index contributed by atoms with van der Waals surface area (Å²) in [7, 11) is 1.59. The summed E-state index contributed by atoms with van der Waals surface area (Å²) in [4.78, 5) is 18.6. The number of methoxy groups -OCH3 is 1. The smallest absolute Gasteiger partial charge is 0.293 e. The lowest BCUT2D eigenvalue weighted by atomic mass is 10.0. The molecule has 0 fully saturated rings. The third-order valence-electron chi connectivity index (χ3n) is 4.86. The molecule has 1 aliphatic heterocycles. The molecule has 0 bridgehead atoms. The Morgan fingerprint density at radius 1 is 1.39 bits per heavy atom. The summed E-state index contributed by atoms with van der Waals surface area (Å²) in [5, 5.41) is 18.1. The van der Waals surface area contributed by atoms with Crippen LogP contribution in [-0.4, -0.2) is 28.9 Å². The maximum atomic E-state index is 13.1. The van der Waals surface area contributed by atoms with Crippen LogP contribution in [0.2, 0.25) is 0 Å². The van der Waals surface area contributed by atoms with Crippen molar-refractivity contribution in [1.29, 1.82) is 0 Å². The summed E-state index contributed by atoms with van der Waals surface area (Å²) in [6.07, 6.45) is 1.06. The van der Waals surface area contributed by atoms with Crippen LogP contribution in [0.4, 0.5) is 5.69 Å². The number of thioether (sulfide) groups is 1. The van der Waals surface area contributed by atoms with E-state index in [4.69, 9.17) is 4.74 Å². The van der Waals surface area contributed by atoms with Gasteiger partial charge in [-0.15, -0.1) is 6.58 Å². The number of halogens is 1. The van der Waals surface area contributed by atoms with E-state index in [0.29, 0.717) is 33.6 Å². The average molecular weight is 499 g/mol. The van der Waals surface area contributed by atoms with Crippen molar-refractivity contribution in [3.05, 3.63) is 65.2 Å². The number of ether oxygens (including phenoxy) is 1. The van der Waals surface area contributed by atoms with Crippen LogP contribution in [0, 0.1) is 0 Å². The molecule has 158 valence electrons. The Morgan fingerprint density at radius 3 is 2.84 bits per heavy atom. The molecule has 7 nitrogen and oxygen atoms in total. The third-order valence-corrected chi connectivity index (χ3v) is 6.31. The fourth-order valence-electron chi connectivity index (χ4n) is 3.61. The van der Waals surface area contributed by atoms with Crippen LogP contribution in [0.15, 0.2) is 64.7 Å². The second-order valence-corrected chi connectivity index (χ2v) is 8.61. The zero-order chi connectivity index (χ0) is 22.1. The molecule has 1 aromatic heterocycles. The normalized spacial score (nSPS) is 14.5. The molecule has 1 amide bonds. The molecule has 0 N–H and O–H groups in total. The minimum atomic E-state index is -0.664. The Kier molecular flexibility index (Phi) is 5.97. The summed E-state index contributed by atoms with van der Waals surface area (Å²) in [6.45, 7) is 5.21. The zero-order valence-electron chi connectivity index (χ0n) is 16.9. The van der Waals surface area contributed by atoms with Crippen LogP contribution in [0.3, 0.4) is 0 Å². The number of nitrogens with zero attached hydrogens (tertiary/aromatic N) is 4. The summed E-state index contributed by atoms with van der Waals surface area (Å²) in [6, 6.07) is 12.8. The van der Waals surface area contributed by atoms with Crippen LogP contribution in [0.25, 0.3) is 11.3 Å². The van der Waals surface area contributed by atoms with Gasteiger partial charge in [0.2, 0.25) is 5.91 Å². The van der Waals surface area contributed by atoms with E-state index in [0.717, 1.165) is 10.0 Å². The van der Waals surface area contributed by atoms with Gasteiger partial charge in [0, 0.05) is 23.3 Å². The highest BCUT2D eigenvalue weighted by Crippen LogP contribution is 2.41. The van der Waals surface area contributed by atoms with Crippen molar-refractivity contribution in [2.45, 2.75) is 18.2 Å². The lowest BCUT2D eigenvalue weighted by Crippen LogP contribution is -2.58. The van der Waals surface area contributed by atoms with Crippen molar-refractivity contribution in [2.24, 2.45) is 0 Å². The number of para-hydroxylation sites is 1. The predicted octanol–water partition coefficient (Wildman–Crippen LogP) is 3.47. The molecular weight excluding hydrogens is 480 g/mol. The van der Waals surface area contributed by atoms with E-state index in [1.54, 1.807) is 28.8 Å². The van der Waals surface area contributed by atoms with Crippen LogP contribution < -0.4 is 19.4 Å². The number of rotatable bonds is 5. The summed E-state index contributed by atoms with van der Waals surface area (Å²) in [5.41, 5.74) is 2.36. The fraction of sp³-hybridized carbons (Fsp3) is 0.182. The highest BCUT2D eigenvalue weighted by atomic mass is 79.9. The molecule has 0 radical (unpaired) electrons. The molecular formula is C22H19BrN4O3S. The molecule has 0 saturated carbocycles. The standard InChI is InChI=1S/C22H19BrN4O3S/c1-4-11-31-22-24-20(29)19-15-7-5-6-8-17(15)26(13(2)28)21(27(19)25-22)14-9-10-18(30-3)16(23)12-14/h4-10,12,21H,1,11H2,2-3H3. The van der Waals surface area contributed by atoms with Gasteiger partial charge < -0.3 is 9.84 Å². The molecule has 0 saturated heterocycles. The highest BCUT2D eigenvalue weighted by Gasteiger charge is 2.44. The number of amides is 1. The second kappa shape index (κ2) is 8.68. The Balaban J connectivity index is 2.01. The fourth-order valence-corrected chi connectivity index (χ4v) is 4.73. The molecule has 0 aliphatic carbocycles. The van der Waals surface area contributed by atoms with E-state index in [1.165, 1.54) is 18.7 Å². The third kappa shape index (κ3) is 3.79. The number of carbonyl (C=O) groups excluding carboxylic acids is 1. The number of carbonyl (C=O) groups is 1. The number of benzene rings is 2. The molecule has 3 aromatic rings. The van der Waals surface area contributed by atoms with Crippen molar-refractivity contribution in [3.63, 3.8) is 0 Å². The van der Waals surface area contributed by atoms with Gasteiger partial charge in [-0.05, 0) is 46.3 Å². The first-order valence-electron chi connectivity index (χ1n) is 9.43. The molecule has 2 aromatic carbocycles. The minimum absolute atomic E-state index is 0.172. The molecule has 2 heterocycles. The van der Waals surface area contributed by atoms with Gasteiger partial charge in [-0.3, -0.25) is 4.79 Å². The van der Waals surface area contributed by atoms with Gasteiger partial charge in [-0.25, -0.2) is 9.88 Å². The number of anilines is 1. The lowest BCUT2D eigenvalue weighted by Gasteiger charge is -2.33. The highest BCUT2D eigenvalue weighted by molar-refractivity contribution is 9.10. The summed E-state index contributed by atoms with van der Waals surface area (Å²) < 4.78 is 7.67. The Labute approximate surface area is 192 Å². The van der Waals surface area contributed by atoms with E-state index in [1.807, 2.05) is 36.4 Å². The van der Waals surface area contributed by atoms with Gasteiger partial charge in [0.05, 0.1) is 28.7 Å². The first-order chi connectivity index (χ1) is 15.0. The van der Waals surface area contributed by atoms with E-state index < -0.39 is 12.0 Å². The van der Waals surface area contributed by atoms with Crippen molar-refractivity contribution in [3.8, 4) is 22.9 Å². The molecule has 1 aliphatic rings. The van der Waals surface area contributed by atoms with Gasteiger partial charge in [0.25, 0.3) is 17.0 Å². The van der Waals surface area contributed by atoms with Crippen LogP contribution in [0.5, 0.6) is 11.6 Å². The topological polar surface area (TPSA) is 82.3 Å². The second-order valence-electron chi connectivity index (χ2n) is 6.77. The number of hydrogen-bond acceptors (Lipinski definition) is 6. The van der Waals surface area contributed by atoms with Crippen molar-refractivity contribution < 1.29 is 19.3 Å². The molecule has 31 heavy (non-hydrogen) atoms. The first kappa shape index (κ1) is 21.3. The zero-order valence-corrected chi connectivity index (χ0v) is 19.3. The molecule has 0 spiro atoms. The Morgan fingerprint density at radius 2 is 2.16 bits per heavy atom. The number of hydrogen-bond donors (Lipinski definition) is 0.